The van der Waals surface area contributed by atoms with Crippen LogP contribution in [-0.2, 0) is 4.74 Å². The van der Waals surface area contributed by atoms with Crippen LogP contribution in [-0.4, -0.2) is 44.0 Å². The minimum absolute atomic E-state index is 0.139. The van der Waals surface area contributed by atoms with Gasteiger partial charge in [-0.15, -0.1) is 11.6 Å². The van der Waals surface area contributed by atoms with Gasteiger partial charge >= 0.3 is 5.69 Å². The minimum atomic E-state index is -1.05. The van der Waals surface area contributed by atoms with Crippen molar-refractivity contribution in [2.24, 2.45) is 0 Å². The Morgan fingerprint density at radius 2 is 2.33 bits per heavy atom. The molecule has 100 valence electrons. The Kier molecular flexibility index (Phi) is 3.58. The first-order chi connectivity index (χ1) is 8.45. The first kappa shape index (κ1) is 13.3. The summed E-state index contributed by atoms with van der Waals surface area (Å²) in [6, 6.07) is 0. The molecule has 0 aliphatic carbocycles. The Morgan fingerprint density at radius 1 is 1.67 bits per heavy atom. The van der Waals surface area contributed by atoms with Gasteiger partial charge in [-0.05, 0) is 6.92 Å². The number of nitrogens with zero attached hydrogens (tertiary/aromatic N) is 2. The van der Waals surface area contributed by atoms with Crippen molar-refractivity contribution in [2.45, 2.75) is 30.7 Å². The standard InChI is InChI=1S/C10H14ClN3O4/c1-4-2-14(10(17)13-8(4)12)9-6(11)7(16)5(3-15)18-9/h2,5-7,9,15-16H,3H2,1H3,(H2,12,13,17)/t5-,6+,7+,9+/m0/s1. The third-order valence-electron chi connectivity index (χ3n) is 2.92. The van der Waals surface area contributed by atoms with Crippen LogP contribution in [0.1, 0.15) is 11.8 Å². The number of rotatable bonds is 2. The average molecular weight is 276 g/mol. The zero-order valence-electron chi connectivity index (χ0n) is 9.65. The summed E-state index contributed by atoms with van der Waals surface area (Å²) >= 11 is 6.00. The topological polar surface area (TPSA) is 111 Å². The van der Waals surface area contributed by atoms with Crippen LogP contribution in [0.5, 0.6) is 0 Å². The van der Waals surface area contributed by atoms with E-state index in [2.05, 4.69) is 4.98 Å². The lowest BCUT2D eigenvalue weighted by Gasteiger charge is -2.17. The molecule has 0 bridgehead atoms. The Bertz CT molecular complexity index is 506. The molecule has 1 aromatic heterocycles. The fraction of sp³-hybridized carbons (Fsp3) is 0.600. The summed E-state index contributed by atoms with van der Waals surface area (Å²) in [5, 5.41) is 17.9. The normalized spacial score (nSPS) is 31.8. The molecule has 1 saturated heterocycles. The average Bonchev–Trinajstić information content (AvgIpc) is 2.61. The van der Waals surface area contributed by atoms with E-state index in [1.165, 1.54) is 10.8 Å². The highest BCUT2D eigenvalue weighted by atomic mass is 35.5. The van der Waals surface area contributed by atoms with E-state index in [-0.39, 0.29) is 12.4 Å². The lowest BCUT2D eigenvalue weighted by molar-refractivity contribution is -0.0457. The molecule has 1 aliphatic rings. The van der Waals surface area contributed by atoms with Gasteiger partial charge in [-0.25, -0.2) is 4.79 Å². The lowest BCUT2D eigenvalue weighted by Crippen LogP contribution is -2.33. The monoisotopic (exact) mass is 275 g/mol. The van der Waals surface area contributed by atoms with Crippen LogP contribution in [0.4, 0.5) is 5.82 Å². The lowest BCUT2D eigenvalue weighted by atomic mass is 10.2. The van der Waals surface area contributed by atoms with Crippen LogP contribution >= 0.6 is 11.6 Å². The van der Waals surface area contributed by atoms with Crippen LogP contribution in [0.15, 0.2) is 11.0 Å². The van der Waals surface area contributed by atoms with E-state index in [9.17, 15) is 9.90 Å². The van der Waals surface area contributed by atoms with Gasteiger partial charge in [0.2, 0.25) is 0 Å². The molecule has 0 aromatic carbocycles. The van der Waals surface area contributed by atoms with Crippen molar-refractivity contribution in [3.63, 3.8) is 0 Å². The second-order valence-corrected chi connectivity index (χ2v) is 4.69. The second-order valence-electron chi connectivity index (χ2n) is 4.18. The highest BCUT2D eigenvalue weighted by molar-refractivity contribution is 6.21. The van der Waals surface area contributed by atoms with Crippen LogP contribution in [0.25, 0.3) is 0 Å². The number of ether oxygens (including phenoxy) is 1. The fourth-order valence-corrected chi connectivity index (χ4v) is 2.18. The third-order valence-corrected chi connectivity index (χ3v) is 3.40. The van der Waals surface area contributed by atoms with Gasteiger partial charge in [0.1, 0.15) is 23.4 Å². The number of hydrogen-bond acceptors (Lipinski definition) is 6. The zero-order chi connectivity index (χ0) is 13.4. The van der Waals surface area contributed by atoms with Gasteiger partial charge in [-0.2, -0.15) is 4.98 Å². The Balaban J connectivity index is 2.39. The largest absolute Gasteiger partial charge is 0.394 e. The molecule has 0 amide bonds. The van der Waals surface area contributed by atoms with Crippen molar-refractivity contribution in [1.82, 2.24) is 9.55 Å². The van der Waals surface area contributed by atoms with E-state index in [1.54, 1.807) is 6.92 Å². The number of aryl methyl sites for hydroxylation is 1. The molecule has 7 nitrogen and oxygen atoms in total. The van der Waals surface area contributed by atoms with Gasteiger partial charge in [0.05, 0.1) is 6.61 Å². The van der Waals surface area contributed by atoms with E-state index in [0.717, 1.165) is 0 Å². The molecule has 0 saturated carbocycles. The number of nitrogen functional groups attached to an aromatic ring is 1. The van der Waals surface area contributed by atoms with E-state index in [1.807, 2.05) is 0 Å². The van der Waals surface area contributed by atoms with Crippen molar-refractivity contribution in [2.75, 3.05) is 12.3 Å². The number of alkyl halides is 1. The van der Waals surface area contributed by atoms with Crippen LogP contribution < -0.4 is 11.4 Å². The van der Waals surface area contributed by atoms with Crippen LogP contribution in [0, 0.1) is 6.92 Å². The second kappa shape index (κ2) is 4.85. The quantitative estimate of drug-likeness (QED) is 0.597. The van der Waals surface area contributed by atoms with E-state index >= 15 is 0 Å². The number of anilines is 1. The molecule has 4 N–H and O–H groups in total. The smallest absolute Gasteiger partial charge is 0.351 e. The molecule has 0 spiro atoms. The van der Waals surface area contributed by atoms with Crippen molar-refractivity contribution >= 4 is 17.4 Å². The first-order valence-corrected chi connectivity index (χ1v) is 5.83. The summed E-state index contributed by atoms with van der Waals surface area (Å²) in [6.07, 6.45) is -1.27. The molecular formula is C10H14ClN3O4. The van der Waals surface area contributed by atoms with Crippen molar-refractivity contribution in [3.05, 3.63) is 22.2 Å². The maximum atomic E-state index is 11.7. The molecule has 18 heavy (non-hydrogen) atoms. The molecule has 0 unspecified atom stereocenters. The van der Waals surface area contributed by atoms with Gasteiger partial charge in [0.15, 0.2) is 6.23 Å². The first-order valence-electron chi connectivity index (χ1n) is 5.39. The Labute approximate surface area is 108 Å². The number of aliphatic hydroxyl groups excluding tert-OH is 2. The van der Waals surface area contributed by atoms with Crippen molar-refractivity contribution < 1.29 is 14.9 Å². The van der Waals surface area contributed by atoms with E-state index < -0.39 is 29.5 Å². The molecule has 2 rings (SSSR count). The van der Waals surface area contributed by atoms with E-state index in [4.69, 9.17) is 27.2 Å². The summed E-state index contributed by atoms with van der Waals surface area (Å²) in [4.78, 5) is 15.3. The molecule has 1 aliphatic heterocycles. The minimum Gasteiger partial charge on any atom is -0.394 e. The Hall–Kier alpha value is -1.15. The molecule has 8 heteroatoms. The maximum absolute atomic E-state index is 11.7. The molecule has 2 heterocycles. The highest BCUT2D eigenvalue weighted by Gasteiger charge is 2.43. The maximum Gasteiger partial charge on any atom is 0.351 e. The SMILES string of the molecule is Cc1cn([C@@H]2O[C@@H](CO)[C@@H](O)[C@H]2Cl)c(=O)nc1N. The summed E-state index contributed by atoms with van der Waals surface area (Å²) in [6.45, 7) is 1.31. The molecule has 0 radical (unpaired) electrons. The number of halogens is 1. The van der Waals surface area contributed by atoms with E-state index in [0.29, 0.717) is 5.56 Å². The van der Waals surface area contributed by atoms with Gasteiger partial charge < -0.3 is 20.7 Å². The van der Waals surface area contributed by atoms with Gasteiger partial charge in [0.25, 0.3) is 0 Å². The molecular weight excluding hydrogens is 262 g/mol. The predicted octanol–water partition coefficient (Wildman–Crippen LogP) is -1.01. The summed E-state index contributed by atoms with van der Waals surface area (Å²) in [5.74, 6) is 0.139. The van der Waals surface area contributed by atoms with Crippen LogP contribution in [0.3, 0.4) is 0 Å². The third kappa shape index (κ3) is 2.10. The van der Waals surface area contributed by atoms with Gasteiger partial charge in [-0.1, -0.05) is 0 Å². The summed E-state index contributed by atoms with van der Waals surface area (Å²) < 4.78 is 6.52. The molecule has 1 aromatic rings. The number of aliphatic hydroxyl groups is 2. The number of nitrogens with two attached hydrogens (primary N) is 1. The van der Waals surface area contributed by atoms with Crippen molar-refractivity contribution in [3.8, 4) is 0 Å². The summed E-state index contributed by atoms with van der Waals surface area (Å²) in [5.41, 5.74) is 5.51. The number of hydrogen-bond donors (Lipinski definition) is 3. The molecule has 4 atom stereocenters. The van der Waals surface area contributed by atoms with Crippen molar-refractivity contribution in [1.29, 1.82) is 0 Å². The zero-order valence-corrected chi connectivity index (χ0v) is 10.4. The van der Waals surface area contributed by atoms with Gasteiger partial charge in [-0.3, -0.25) is 4.57 Å². The van der Waals surface area contributed by atoms with Crippen LogP contribution in [0.2, 0.25) is 0 Å². The van der Waals surface area contributed by atoms with Gasteiger partial charge in [0, 0.05) is 11.8 Å². The highest BCUT2D eigenvalue weighted by Crippen LogP contribution is 2.32. The Morgan fingerprint density at radius 3 is 2.89 bits per heavy atom. The number of aromatic nitrogens is 2. The fourth-order valence-electron chi connectivity index (χ4n) is 1.84. The summed E-state index contributed by atoms with van der Waals surface area (Å²) in [7, 11) is 0. The molecule has 1 fully saturated rings. The predicted molar refractivity (Wildman–Crippen MR) is 64.3 cm³/mol.